The van der Waals surface area contributed by atoms with Crippen LogP contribution in [0.3, 0.4) is 0 Å². The predicted octanol–water partition coefficient (Wildman–Crippen LogP) is 3.26. The molecular weight excluding hydrogens is 232 g/mol. The van der Waals surface area contributed by atoms with Gasteiger partial charge in [0.25, 0.3) is 0 Å². The molecule has 0 radical (unpaired) electrons. The molecular formula is C14H18O2S. The zero-order chi connectivity index (χ0) is 12.1. The quantitative estimate of drug-likeness (QED) is 0.750. The summed E-state index contributed by atoms with van der Waals surface area (Å²) in [7, 11) is 0. The lowest BCUT2D eigenvalue weighted by Gasteiger charge is -2.15. The van der Waals surface area contributed by atoms with Crippen molar-refractivity contribution >= 4 is 18.0 Å². The third-order valence-electron chi connectivity index (χ3n) is 3.07. The normalized spacial score (nSPS) is 21.1. The molecule has 0 spiro atoms. The maximum atomic E-state index is 10.5. The summed E-state index contributed by atoms with van der Waals surface area (Å²) >= 11 is 1.95. The summed E-state index contributed by atoms with van der Waals surface area (Å²) in [4.78, 5) is 10.5. The minimum Gasteiger partial charge on any atom is -0.490 e. The SMILES string of the molecule is CC(CC=O)c1cccc(OC2CCSC2)c1. The van der Waals surface area contributed by atoms with Crippen LogP contribution in [0, 0.1) is 0 Å². The van der Waals surface area contributed by atoms with E-state index >= 15 is 0 Å². The molecule has 1 aliphatic rings. The van der Waals surface area contributed by atoms with Gasteiger partial charge < -0.3 is 9.53 Å². The van der Waals surface area contributed by atoms with E-state index < -0.39 is 0 Å². The van der Waals surface area contributed by atoms with E-state index in [1.54, 1.807) is 0 Å². The largest absolute Gasteiger partial charge is 0.490 e. The number of thioether (sulfide) groups is 1. The minimum absolute atomic E-state index is 0.272. The van der Waals surface area contributed by atoms with Crippen LogP contribution >= 0.6 is 11.8 Å². The smallest absolute Gasteiger partial charge is 0.120 e. The average Bonchev–Trinajstić information content (AvgIpc) is 2.82. The van der Waals surface area contributed by atoms with Crippen LogP contribution in [0.25, 0.3) is 0 Å². The van der Waals surface area contributed by atoms with E-state index in [4.69, 9.17) is 4.74 Å². The Labute approximate surface area is 107 Å². The van der Waals surface area contributed by atoms with Crippen LogP contribution in [0.1, 0.15) is 31.2 Å². The van der Waals surface area contributed by atoms with Gasteiger partial charge >= 0.3 is 0 Å². The standard InChI is InChI=1S/C14H18O2S/c1-11(5-7-15)12-3-2-4-13(9-12)16-14-6-8-17-10-14/h2-4,7,9,11,14H,5-6,8,10H2,1H3. The van der Waals surface area contributed by atoms with Gasteiger partial charge in [0.2, 0.25) is 0 Å². The molecule has 2 atom stereocenters. The van der Waals surface area contributed by atoms with Crippen molar-refractivity contribution in [2.45, 2.75) is 31.8 Å². The molecule has 1 aliphatic heterocycles. The van der Waals surface area contributed by atoms with Gasteiger partial charge in [0, 0.05) is 12.2 Å². The van der Waals surface area contributed by atoms with Gasteiger partial charge in [-0.15, -0.1) is 0 Å². The highest BCUT2D eigenvalue weighted by Gasteiger charge is 2.17. The number of benzene rings is 1. The second-order valence-electron chi connectivity index (χ2n) is 4.48. The number of hydrogen-bond acceptors (Lipinski definition) is 3. The van der Waals surface area contributed by atoms with Crippen LogP contribution in [0.4, 0.5) is 0 Å². The van der Waals surface area contributed by atoms with Crippen molar-refractivity contribution in [3.05, 3.63) is 29.8 Å². The lowest BCUT2D eigenvalue weighted by molar-refractivity contribution is -0.108. The lowest BCUT2D eigenvalue weighted by atomic mass is 9.98. The van der Waals surface area contributed by atoms with Crippen LogP contribution in [0.2, 0.25) is 0 Å². The van der Waals surface area contributed by atoms with E-state index in [9.17, 15) is 4.79 Å². The van der Waals surface area contributed by atoms with Crippen LogP contribution in [0.15, 0.2) is 24.3 Å². The second-order valence-corrected chi connectivity index (χ2v) is 5.63. The molecule has 0 amide bonds. The zero-order valence-electron chi connectivity index (χ0n) is 10.1. The van der Waals surface area contributed by atoms with Gasteiger partial charge in [0.05, 0.1) is 0 Å². The number of carbonyl (C=O) groups excluding carboxylic acids is 1. The minimum atomic E-state index is 0.272. The Hall–Kier alpha value is -0.960. The Morgan fingerprint density at radius 2 is 2.47 bits per heavy atom. The maximum Gasteiger partial charge on any atom is 0.120 e. The first-order valence-electron chi connectivity index (χ1n) is 6.07. The number of ether oxygens (including phenoxy) is 1. The first-order valence-corrected chi connectivity index (χ1v) is 7.23. The van der Waals surface area contributed by atoms with E-state index in [-0.39, 0.29) is 5.92 Å². The fourth-order valence-electron chi connectivity index (χ4n) is 1.97. The Balaban J connectivity index is 2.02. The molecule has 1 saturated heterocycles. The molecule has 0 aromatic heterocycles. The van der Waals surface area contributed by atoms with Crippen molar-refractivity contribution in [1.82, 2.24) is 0 Å². The predicted molar refractivity (Wildman–Crippen MR) is 71.9 cm³/mol. The summed E-state index contributed by atoms with van der Waals surface area (Å²) < 4.78 is 5.94. The van der Waals surface area contributed by atoms with Gasteiger partial charge in [-0.25, -0.2) is 0 Å². The topological polar surface area (TPSA) is 26.3 Å². The van der Waals surface area contributed by atoms with Gasteiger partial charge in [-0.05, 0) is 35.8 Å². The zero-order valence-corrected chi connectivity index (χ0v) is 10.9. The van der Waals surface area contributed by atoms with Gasteiger partial charge in [-0.3, -0.25) is 0 Å². The van der Waals surface area contributed by atoms with Crippen LogP contribution in [-0.4, -0.2) is 23.9 Å². The third kappa shape index (κ3) is 3.50. The van der Waals surface area contributed by atoms with E-state index in [1.165, 1.54) is 11.3 Å². The van der Waals surface area contributed by atoms with Crippen molar-refractivity contribution in [3.8, 4) is 5.75 Å². The molecule has 1 fully saturated rings. The second kappa shape index (κ2) is 6.10. The summed E-state index contributed by atoms with van der Waals surface area (Å²) in [5.74, 6) is 3.50. The summed E-state index contributed by atoms with van der Waals surface area (Å²) in [5, 5.41) is 0. The number of aldehydes is 1. The molecule has 3 heteroatoms. The monoisotopic (exact) mass is 250 g/mol. The summed E-state index contributed by atoms with van der Waals surface area (Å²) in [6, 6.07) is 8.13. The highest BCUT2D eigenvalue weighted by atomic mass is 32.2. The van der Waals surface area contributed by atoms with Crippen molar-refractivity contribution in [2.24, 2.45) is 0 Å². The van der Waals surface area contributed by atoms with Gasteiger partial charge in [0.15, 0.2) is 0 Å². The van der Waals surface area contributed by atoms with Crippen LogP contribution in [0.5, 0.6) is 5.75 Å². The fourth-order valence-corrected chi connectivity index (χ4v) is 3.07. The Morgan fingerprint density at radius 1 is 1.59 bits per heavy atom. The van der Waals surface area contributed by atoms with E-state index in [2.05, 4.69) is 19.1 Å². The van der Waals surface area contributed by atoms with Crippen LogP contribution in [-0.2, 0) is 4.79 Å². The molecule has 92 valence electrons. The summed E-state index contributed by atoms with van der Waals surface area (Å²) in [6.07, 6.45) is 3.05. The summed E-state index contributed by atoms with van der Waals surface area (Å²) in [6.45, 7) is 2.07. The molecule has 1 heterocycles. The highest BCUT2D eigenvalue weighted by Crippen LogP contribution is 2.26. The highest BCUT2D eigenvalue weighted by molar-refractivity contribution is 7.99. The first-order chi connectivity index (χ1) is 8.29. The van der Waals surface area contributed by atoms with Crippen molar-refractivity contribution in [2.75, 3.05) is 11.5 Å². The lowest BCUT2D eigenvalue weighted by Crippen LogP contribution is -2.14. The molecule has 2 nitrogen and oxygen atoms in total. The van der Waals surface area contributed by atoms with E-state index in [1.807, 2.05) is 23.9 Å². The molecule has 0 aliphatic carbocycles. The number of carbonyl (C=O) groups is 1. The molecule has 1 aromatic carbocycles. The average molecular weight is 250 g/mol. The first kappa shape index (κ1) is 12.5. The van der Waals surface area contributed by atoms with Gasteiger partial charge in [-0.1, -0.05) is 19.1 Å². The molecule has 0 bridgehead atoms. The molecule has 0 saturated carbocycles. The van der Waals surface area contributed by atoms with Gasteiger partial charge in [-0.2, -0.15) is 11.8 Å². The molecule has 2 unspecified atom stereocenters. The molecule has 2 rings (SSSR count). The molecule has 0 N–H and O–H groups in total. The summed E-state index contributed by atoms with van der Waals surface area (Å²) in [5.41, 5.74) is 1.18. The number of hydrogen-bond donors (Lipinski definition) is 0. The maximum absolute atomic E-state index is 10.5. The van der Waals surface area contributed by atoms with Crippen LogP contribution < -0.4 is 4.74 Å². The van der Waals surface area contributed by atoms with Gasteiger partial charge in [0.1, 0.15) is 18.1 Å². The third-order valence-corrected chi connectivity index (χ3v) is 4.20. The van der Waals surface area contributed by atoms with Crippen molar-refractivity contribution < 1.29 is 9.53 Å². The Morgan fingerprint density at radius 3 is 3.18 bits per heavy atom. The Bertz CT molecular complexity index is 372. The molecule has 1 aromatic rings. The fraction of sp³-hybridized carbons (Fsp3) is 0.500. The Kier molecular flexibility index (Phi) is 4.49. The van der Waals surface area contributed by atoms with Crippen molar-refractivity contribution in [3.63, 3.8) is 0 Å². The van der Waals surface area contributed by atoms with Crippen molar-refractivity contribution in [1.29, 1.82) is 0 Å². The molecule has 17 heavy (non-hydrogen) atoms. The van der Waals surface area contributed by atoms with E-state index in [0.717, 1.165) is 24.2 Å². The number of rotatable bonds is 5. The van der Waals surface area contributed by atoms with E-state index in [0.29, 0.717) is 12.5 Å².